The summed E-state index contributed by atoms with van der Waals surface area (Å²) in [6, 6.07) is 9.22. The normalized spacial score (nSPS) is 19.2. The van der Waals surface area contributed by atoms with Crippen molar-refractivity contribution in [2.75, 3.05) is 49.6 Å². The van der Waals surface area contributed by atoms with Crippen molar-refractivity contribution >= 4 is 11.8 Å². The lowest BCUT2D eigenvalue weighted by molar-refractivity contribution is 0.122. The summed E-state index contributed by atoms with van der Waals surface area (Å²) in [5.41, 5.74) is 1.03. The fourth-order valence-corrected chi connectivity index (χ4v) is 3.68. The van der Waals surface area contributed by atoms with Crippen LogP contribution in [0.5, 0.6) is 0 Å². The van der Waals surface area contributed by atoms with E-state index in [1.54, 1.807) is 12.1 Å². The number of nitrogens with zero attached hydrogens (tertiary/aromatic N) is 4. The molecular weight excluding hydrogens is 345 g/mol. The Morgan fingerprint density at radius 3 is 2.70 bits per heavy atom. The molecule has 0 unspecified atom stereocenters. The fourth-order valence-electron chi connectivity index (χ4n) is 3.68. The van der Waals surface area contributed by atoms with Gasteiger partial charge in [-0.25, -0.2) is 9.37 Å². The van der Waals surface area contributed by atoms with E-state index in [2.05, 4.69) is 25.1 Å². The van der Waals surface area contributed by atoms with Crippen LogP contribution in [0.3, 0.4) is 0 Å². The number of aromatic nitrogens is 2. The van der Waals surface area contributed by atoms with Crippen LogP contribution < -0.4 is 10.2 Å². The predicted octanol–water partition coefficient (Wildman–Crippen LogP) is 2.53. The van der Waals surface area contributed by atoms with Crippen LogP contribution in [0, 0.1) is 5.82 Å². The van der Waals surface area contributed by atoms with Gasteiger partial charge in [-0.1, -0.05) is 12.1 Å². The summed E-state index contributed by atoms with van der Waals surface area (Å²) in [5, 5.41) is 3.56. The molecule has 4 rings (SSSR count). The zero-order valence-corrected chi connectivity index (χ0v) is 15.5. The number of nitrogens with one attached hydrogen (secondary N) is 1. The first kappa shape index (κ1) is 18.1. The van der Waals surface area contributed by atoms with Gasteiger partial charge in [0.05, 0.1) is 13.2 Å². The molecule has 1 N–H and O–H groups in total. The molecule has 2 aliphatic heterocycles. The molecule has 0 aliphatic carbocycles. The van der Waals surface area contributed by atoms with Crippen LogP contribution in [0.4, 0.5) is 16.2 Å². The van der Waals surface area contributed by atoms with Gasteiger partial charge in [0.25, 0.3) is 0 Å². The summed E-state index contributed by atoms with van der Waals surface area (Å²) in [5.74, 6) is 1.49. The van der Waals surface area contributed by atoms with E-state index in [0.29, 0.717) is 6.04 Å². The van der Waals surface area contributed by atoms with Gasteiger partial charge in [0.15, 0.2) is 0 Å². The molecular formula is C20H26FN5O. The van der Waals surface area contributed by atoms with Gasteiger partial charge in [-0.15, -0.1) is 0 Å². The third-order valence-electron chi connectivity index (χ3n) is 5.17. The van der Waals surface area contributed by atoms with Gasteiger partial charge in [-0.3, -0.25) is 4.90 Å². The molecule has 27 heavy (non-hydrogen) atoms. The van der Waals surface area contributed by atoms with E-state index in [4.69, 9.17) is 4.74 Å². The number of piperidine rings is 1. The largest absolute Gasteiger partial charge is 0.378 e. The molecule has 0 saturated carbocycles. The molecule has 7 heteroatoms. The van der Waals surface area contributed by atoms with Crippen molar-refractivity contribution in [1.82, 2.24) is 14.9 Å². The van der Waals surface area contributed by atoms with Gasteiger partial charge in [-0.2, -0.15) is 4.98 Å². The van der Waals surface area contributed by atoms with Crippen LogP contribution in [0.2, 0.25) is 0 Å². The predicted molar refractivity (Wildman–Crippen MR) is 103 cm³/mol. The Balaban J connectivity index is 1.29. The highest BCUT2D eigenvalue weighted by atomic mass is 19.1. The molecule has 3 heterocycles. The van der Waals surface area contributed by atoms with E-state index in [-0.39, 0.29) is 5.82 Å². The summed E-state index contributed by atoms with van der Waals surface area (Å²) in [4.78, 5) is 13.6. The number of benzene rings is 1. The highest BCUT2D eigenvalue weighted by molar-refractivity contribution is 5.42. The minimum Gasteiger partial charge on any atom is -0.378 e. The van der Waals surface area contributed by atoms with Crippen LogP contribution in [-0.4, -0.2) is 60.3 Å². The summed E-state index contributed by atoms with van der Waals surface area (Å²) in [7, 11) is 0. The summed E-state index contributed by atoms with van der Waals surface area (Å²) in [6.07, 6.45) is 3.91. The molecule has 1 aromatic heterocycles. The van der Waals surface area contributed by atoms with Crippen molar-refractivity contribution in [2.45, 2.75) is 25.4 Å². The van der Waals surface area contributed by atoms with Crippen molar-refractivity contribution in [2.24, 2.45) is 0 Å². The van der Waals surface area contributed by atoms with E-state index in [1.165, 1.54) is 6.07 Å². The highest BCUT2D eigenvalue weighted by Gasteiger charge is 2.20. The molecule has 0 spiro atoms. The second-order valence-electron chi connectivity index (χ2n) is 7.17. The maximum absolute atomic E-state index is 13.3. The number of halogens is 1. The van der Waals surface area contributed by atoms with E-state index in [1.807, 2.05) is 18.3 Å². The highest BCUT2D eigenvalue weighted by Crippen LogP contribution is 2.19. The van der Waals surface area contributed by atoms with Crippen molar-refractivity contribution in [1.29, 1.82) is 0 Å². The van der Waals surface area contributed by atoms with Crippen LogP contribution >= 0.6 is 0 Å². The quantitative estimate of drug-likeness (QED) is 0.872. The number of hydrogen-bond acceptors (Lipinski definition) is 6. The Morgan fingerprint density at radius 1 is 1.11 bits per heavy atom. The number of rotatable bonds is 5. The molecule has 0 bridgehead atoms. The molecule has 0 radical (unpaired) electrons. The zero-order chi connectivity index (χ0) is 18.5. The Labute approximate surface area is 159 Å². The lowest BCUT2D eigenvalue weighted by Gasteiger charge is -2.33. The molecule has 144 valence electrons. The van der Waals surface area contributed by atoms with Crippen molar-refractivity contribution in [3.05, 3.63) is 47.9 Å². The van der Waals surface area contributed by atoms with Crippen molar-refractivity contribution in [3.8, 4) is 0 Å². The van der Waals surface area contributed by atoms with Crippen LogP contribution in [-0.2, 0) is 11.3 Å². The third-order valence-corrected chi connectivity index (χ3v) is 5.17. The first-order valence-electron chi connectivity index (χ1n) is 9.65. The lowest BCUT2D eigenvalue weighted by atomic mass is 10.0. The van der Waals surface area contributed by atoms with Gasteiger partial charge in [0.2, 0.25) is 5.95 Å². The second kappa shape index (κ2) is 8.63. The topological polar surface area (TPSA) is 53.5 Å². The second-order valence-corrected chi connectivity index (χ2v) is 7.17. The van der Waals surface area contributed by atoms with Crippen LogP contribution in [0.25, 0.3) is 0 Å². The monoisotopic (exact) mass is 371 g/mol. The van der Waals surface area contributed by atoms with E-state index in [9.17, 15) is 4.39 Å². The molecule has 0 atom stereocenters. The number of likely N-dealkylation sites (tertiary alicyclic amines) is 1. The Bertz CT molecular complexity index is 745. The van der Waals surface area contributed by atoms with E-state index in [0.717, 1.165) is 76.1 Å². The van der Waals surface area contributed by atoms with Gasteiger partial charge < -0.3 is 15.0 Å². The number of anilines is 2. The summed E-state index contributed by atoms with van der Waals surface area (Å²) < 4.78 is 18.7. The minimum atomic E-state index is -0.163. The Kier molecular flexibility index (Phi) is 5.79. The van der Waals surface area contributed by atoms with Gasteiger partial charge in [-0.05, 0) is 36.6 Å². The minimum absolute atomic E-state index is 0.163. The first-order chi connectivity index (χ1) is 13.3. The molecule has 6 nitrogen and oxygen atoms in total. The molecule has 0 amide bonds. The van der Waals surface area contributed by atoms with Crippen LogP contribution in [0.1, 0.15) is 18.4 Å². The van der Waals surface area contributed by atoms with E-state index >= 15 is 0 Å². The van der Waals surface area contributed by atoms with Gasteiger partial charge in [0, 0.05) is 45.0 Å². The molecule has 2 aromatic rings. The molecule has 2 fully saturated rings. The Hall–Kier alpha value is -2.25. The van der Waals surface area contributed by atoms with Crippen LogP contribution in [0.15, 0.2) is 36.5 Å². The SMILES string of the molecule is Fc1cccc(CN2CCC(Nc3ccnc(N4CCOCC4)n3)CC2)c1. The van der Waals surface area contributed by atoms with Gasteiger partial charge in [0.1, 0.15) is 11.6 Å². The maximum Gasteiger partial charge on any atom is 0.227 e. The van der Waals surface area contributed by atoms with E-state index < -0.39 is 0 Å². The average molecular weight is 371 g/mol. The fraction of sp³-hybridized carbons (Fsp3) is 0.500. The number of ether oxygens (including phenoxy) is 1. The third kappa shape index (κ3) is 4.93. The zero-order valence-electron chi connectivity index (χ0n) is 15.5. The average Bonchev–Trinajstić information content (AvgIpc) is 2.70. The molecule has 2 saturated heterocycles. The van der Waals surface area contributed by atoms with Crippen molar-refractivity contribution in [3.63, 3.8) is 0 Å². The number of morpholine rings is 1. The smallest absolute Gasteiger partial charge is 0.227 e. The molecule has 1 aromatic carbocycles. The standard InChI is InChI=1S/C20H26FN5O/c21-17-3-1-2-16(14-17)15-25-8-5-18(6-9-25)23-19-4-7-22-20(24-19)26-10-12-27-13-11-26/h1-4,7,14,18H,5-6,8-13,15H2,(H,22,23,24). The lowest BCUT2D eigenvalue weighted by Crippen LogP contribution is -2.39. The summed E-state index contributed by atoms with van der Waals surface area (Å²) in [6.45, 7) is 5.92. The van der Waals surface area contributed by atoms with Gasteiger partial charge >= 0.3 is 0 Å². The number of hydrogen-bond donors (Lipinski definition) is 1. The summed E-state index contributed by atoms with van der Waals surface area (Å²) >= 11 is 0. The first-order valence-corrected chi connectivity index (χ1v) is 9.65. The Morgan fingerprint density at radius 2 is 1.93 bits per heavy atom. The maximum atomic E-state index is 13.3. The van der Waals surface area contributed by atoms with Crippen molar-refractivity contribution < 1.29 is 9.13 Å². The molecule has 2 aliphatic rings.